The van der Waals surface area contributed by atoms with Crippen molar-refractivity contribution in [3.63, 3.8) is 0 Å². The van der Waals surface area contributed by atoms with Gasteiger partial charge in [0.25, 0.3) is 5.91 Å². The first-order valence-electron chi connectivity index (χ1n) is 14.6. The molecule has 1 aromatic carbocycles. The van der Waals surface area contributed by atoms with E-state index in [9.17, 15) is 22.0 Å². The van der Waals surface area contributed by atoms with Gasteiger partial charge in [0.2, 0.25) is 5.82 Å². The van der Waals surface area contributed by atoms with Gasteiger partial charge in [-0.3, -0.25) is 14.9 Å². The molecular weight excluding hydrogens is 620 g/mol. The number of aromatic amines is 1. The number of pyridine rings is 1. The van der Waals surface area contributed by atoms with Crippen molar-refractivity contribution in [3.05, 3.63) is 66.1 Å². The number of nitrogen functional groups attached to an aromatic ring is 1. The van der Waals surface area contributed by atoms with Gasteiger partial charge in [-0.05, 0) is 43.7 Å². The van der Waals surface area contributed by atoms with Crippen LogP contribution in [0.4, 0.5) is 14.6 Å². The molecule has 13 nitrogen and oxygen atoms in total. The van der Waals surface area contributed by atoms with E-state index in [0.717, 1.165) is 31.2 Å². The molecule has 2 aliphatic heterocycles. The minimum absolute atomic E-state index is 0.0361. The minimum Gasteiger partial charge on any atom is -0.494 e. The molecule has 16 heteroatoms. The van der Waals surface area contributed by atoms with Gasteiger partial charge < -0.3 is 15.4 Å². The summed E-state index contributed by atoms with van der Waals surface area (Å²) in [6.45, 7) is 0.515. The van der Waals surface area contributed by atoms with Crippen LogP contribution in [0.15, 0.2) is 47.9 Å². The molecule has 46 heavy (non-hydrogen) atoms. The summed E-state index contributed by atoms with van der Waals surface area (Å²) in [6.07, 6.45) is 8.13. The second-order valence-corrected chi connectivity index (χ2v) is 13.7. The number of ether oxygens (including phenoxy) is 1. The van der Waals surface area contributed by atoms with Crippen LogP contribution in [0.2, 0.25) is 0 Å². The van der Waals surface area contributed by atoms with Gasteiger partial charge in [-0.2, -0.15) is 14.7 Å². The number of sulfone groups is 1. The molecule has 3 unspecified atom stereocenters. The van der Waals surface area contributed by atoms with Gasteiger partial charge in [-0.1, -0.05) is 6.07 Å². The highest BCUT2D eigenvalue weighted by Gasteiger charge is 2.41. The number of amides is 1. The van der Waals surface area contributed by atoms with E-state index in [-0.39, 0.29) is 57.3 Å². The Labute approximate surface area is 261 Å². The predicted molar refractivity (Wildman–Crippen MR) is 162 cm³/mol. The molecule has 1 amide bonds. The number of hydrogen-bond acceptors (Lipinski definition) is 10. The van der Waals surface area contributed by atoms with Gasteiger partial charge >= 0.3 is 0 Å². The largest absolute Gasteiger partial charge is 0.494 e. The average Bonchev–Trinajstić information content (AvgIpc) is 3.64. The summed E-state index contributed by atoms with van der Waals surface area (Å²) in [5.41, 5.74) is 8.41. The normalized spacial score (nSPS) is 19.8. The lowest BCUT2D eigenvalue weighted by molar-refractivity contribution is 0.0558. The molecule has 0 spiro atoms. The molecule has 1 saturated carbocycles. The van der Waals surface area contributed by atoms with Gasteiger partial charge in [0.05, 0.1) is 24.7 Å². The van der Waals surface area contributed by atoms with Crippen molar-refractivity contribution in [3.8, 4) is 28.1 Å². The standard InChI is InChI=1S/C30H29F2N9O4S/c1-45-24-10-21(31)19(9-22(24)32)23-6-4-16(11-34-23)20-12-37-41-27(33)26(46(2,43)44)25(38-29(20)41)17-7-15-3-5-18(8-17)40(13-15)30(42)28-35-14-36-39-28/h4,6,9-12,14-15,17-18H,3,5,7-8,13,33H2,1-2H3,(H,35,36,39). The second-order valence-electron chi connectivity index (χ2n) is 11.7. The molecule has 8 rings (SSSR count). The number of piperidine rings is 1. The van der Waals surface area contributed by atoms with Crippen molar-refractivity contribution < 1.29 is 26.7 Å². The van der Waals surface area contributed by atoms with Crippen molar-refractivity contribution in [1.29, 1.82) is 0 Å². The number of benzene rings is 1. The number of aromatic nitrogens is 7. The first kappa shape index (κ1) is 29.7. The molecular formula is C30H29F2N9O4S. The number of halogens is 2. The number of carbonyl (C=O) groups is 1. The number of fused-ring (bicyclic) bond motifs is 5. The average molecular weight is 650 g/mol. The highest BCUT2D eigenvalue weighted by atomic mass is 32.2. The van der Waals surface area contributed by atoms with Crippen LogP contribution in [0.25, 0.3) is 28.0 Å². The molecule has 3 N–H and O–H groups in total. The summed E-state index contributed by atoms with van der Waals surface area (Å²) >= 11 is 0. The monoisotopic (exact) mass is 649 g/mol. The maximum atomic E-state index is 14.7. The Bertz CT molecular complexity index is 2090. The van der Waals surface area contributed by atoms with Crippen LogP contribution in [0, 0.1) is 17.6 Å². The molecule has 2 bridgehead atoms. The number of nitrogens with one attached hydrogen (secondary N) is 1. The molecule has 0 radical (unpaired) electrons. The van der Waals surface area contributed by atoms with Crippen LogP contribution < -0.4 is 10.5 Å². The molecule has 2 saturated heterocycles. The first-order valence-corrected chi connectivity index (χ1v) is 16.5. The Morgan fingerprint density at radius 3 is 2.61 bits per heavy atom. The Hall–Kier alpha value is -4.99. The third kappa shape index (κ3) is 5.02. The topological polar surface area (TPSA) is 174 Å². The third-order valence-electron chi connectivity index (χ3n) is 8.87. The van der Waals surface area contributed by atoms with Gasteiger partial charge in [0.1, 0.15) is 22.9 Å². The number of anilines is 1. The number of carbonyl (C=O) groups excluding carboxylic acids is 1. The lowest BCUT2D eigenvalue weighted by atomic mass is 9.91. The van der Waals surface area contributed by atoms with Gasteiger partial charge in [-0.25, -0.2) is 27.2 Å². The lowest BCUT2D eigenvalue weighted by Crippen LogP contribution is -2.45. The Balaban J connectivity index is 1.28. The Morgan fingerprint density at radius 2 is 1.91 bits per heavy atom. The first-order chi connectivity index (χ1) is 22.0. The maximum absolute atomic E-state index is 14.7. The van der Waals surface area contributed by atoms with Gasteiger partial charge in [0.15, 0.2) is 27.1 Å². The molecule has 6 heterocycles. The van der Waals surface area contributed by atoms with Crippen LogP contribution >= 0.6 is 0 Å². The van der Waals surface area contributed by atoms with Crippen molar-refractivity contribution in [1.82, 2.24) is 39.7 Å². The second kappa shape index (κ2) is 11.1. The van der Waals surface area contributed by atoms with E-state index in [2.05, 4.69) is 25.3 Å². The van der Waals surface area contributed by atoms with E-state index in [1.54, 1.807) is 17.0 Å². The van der Waals surface area contributed by atoms with Gasteiger partial charge in [0, 0.05) is 53.7 Å². The molecule has 4 aromatic heterocycles. The number of nitrogens with zero attached hydrogens (tertiary/aromatic N) is 7. The molecule has 3 fully saturated rings. The fourth-order valence-corrected chi connectivity index (χ4v) is 7.81. The van der Waals surface area contributed by atoms with Crippen LogP contribution in [-0.4, -0.2) is 79.9 Å². The van der Waals surface area contributed by atoms with E-state index in [1.807, 2.05) is 0 Å². The molecule has 5 aromatic rings. The zero-order chi connectivity index (χ0) is 32.3. The fourth-order valence-electron chi connectivity index (χ4n) is 6.76. The number of hydrogen-bond donors (Lipinski definition) is 2. The van der Waals surface area contributed by atoms with E-state index in [0.29, 0.717) is 41.9 Å². The summed E-state index contributed by atoms with van der Waals surface area (Å²) in [7, 11) is -2.59. The van der Waals surface area contributed by atoms with Crippen molar-refractivity contribution in [2.75, 3.05) is 25.6 Å². The third-order valence-corrected chi connectivity index (χ3v) is 10.0. The summed E-state index contributed by atoms with van der Waals surface area (Å²) in [5, 5.41) is 10.8. The SMILES string of the molecule is COc1cc(F)c(-c2ccc(-c3cnn4c(N)c(S(C)(=O)=O)c(C5CC6CCC(C5)N(C(=O)c5ncn[nH]5)C6)nc34)cn2)cc1F. The van der Waals surface area contributed by atoms with E-state index < -0.39 is 21.5 Å². The smallest absolute Gasteiger partial charge is 0.291 e. The molecule has 1 aliphatic carbocycles. The quantitative estimate of drug-likeness (QED) is 0.276. The summed E-state index contributed by atoms with van der Waals surface area (Å²) in [5.74, 6) is -1.98. The minimum atomic E-state index is -3.84. The molecule has 238 valence electrons. The van der Waals surface area contributed by atoms with Gasteiger partial charge in [-0.15, -0.1) is 0 Å². The fraction of sp³-hybridized carbons (Fsp3) is 0.333. The number of rotatable bonds is 6. The summed E-state index contributed by atoms with van der Waals surface area (Å²) < 4.78 is 61.5. The highest BCUT2D eigenvalue weighted by Crippen LogP contribution is 2.44. The van der Waals surface area contributed by atoms with E-state index >= 15 is 0 Å². The Kier molecular flexibility index (Phi) is 7.18. The lowest BCUT2D eigenvalue weighted by Gasteiger charge is -2.36. The number of nitrogens with two attached hydrogens (primary N) is 1. The van der Waals surface area contributed by atoms with Crippen LogP contribution in [0.3, 0.4) is 0 Å². The zero-order valence-corrected chi connectivity index (χ0v) is 25.6. The van der Waals surface area contributed by atoms with Crippen molar-refractivity contribution in [2.45, 2.75) is 42.5 Å². The van der Waals surface area contributed by atoms with Crippen LogP contribution in [0.1, 0.15) is 47.9 Å². The molecule has 3 atom stereocenters. The summed E-state index contributed by atoms with van der Waals surface area (Å²) in [6, 6.07) is 5.04. The number of H-pyrrole nitrogens is 1. The van der Waals surface area contributed by atoms with Crippen LogP contribution in [0.5, 0.6) is 5.75 Å². The molecule has 3 aliphatic rings. The van der Waals surface area contributed by atoms with Crippen molar-refractivity contribution in [2.24, 2.45) is 5.92 Å². The van der Waals surface area contributed by atoms with Crippen LogP contribution in [-0.2, 0) is 9.84 Å². The predicted octanol–water partition coefficient (Wildman–Crippen LogP) is 3.65. The number of methoxy groups -OCH3 is 1. The van der Waals surface area contributed by atoms with E-state index in [1.165, 1.54) is 30.3 Å². The maximum Gasteiger partial charge on any atom is 0.291 e. The van der Waals surface area contributed by atoms with Crippen molar-refractivity contribution >= 4 is 27.2 Å². The Morgan fingerprint density at radius 1 is 1.09 bits per heavy atom. The van der Waals surface area contributed by atoms with E-state index in [4.69, 9.17) is 15.5 Å². The zero-order valence-electron chi connectivity index (χ0n) is 24.8. The summed E-state index contributed by atoms with van der Waals surface area (Å²) in [4.78, 5) is 28.2. The highest BCUT2D eigenvalue weighted by molar-refractivity contribution is 7.91.